The van der Waals surface area contributed by atoms with Gasteiger partial charge in [-0.3, -0.25) is 14.2 Å². The average Bonchev–Trinajstić information content (AvgIpc) is 3.40. The highest BCUT2D eigenvalue weighted by Crippen LogP contribution is 2.31. The molecular formula is C30H29ClN4O2S. The normalized spacial score (nSPS) is 13.4. The number of halogens is 1. The summed E-state index contributed by atoms with van der Waals surface area (Å²) in [5, 5.41) is 6.45. The number of hydrogen-bond acceptors (Lipinski definition) is 5. The Labute approximate surface area is 231 Å². The Kier molecular flexibility index (Phi) is 7.61. The van der Waals surface area contributed by atoms with Crippen LogP contribution in [0.1, 0.15) is 35.5 Å². The molecule has 0 radical (unpaired) electrons. The molecule has 1 N–H and O–H groups in total. The maximum Gasteiger partial charge on any atom is 0.265 e. The largest absolute Gasteiger partial charge is 0.336 e. The zero-order valence-corrected chi connectivity index (χ0v) is 23.2. The second kappa shape index (κ2) is 11.1. The minimum absolute atomic E-state index is 0.0861. The van der Waals surface area contributed by atoms with Crippen molar-refractivity contribution >= 4 is 34.9 Å². The fraction of sp³-hybridized carbons (Fsp3) is 0.233. The molecule has 1 aliphatic rings. The molecule has 8 heteroatoms. The zero-order chi connectivity index (χ0) is 26.8. The van der Waals surface area contributed by atoms with E-state index >= 15 is 0 Å². The van der Waals surface area contributed by atoms with E-state index in [9.17, 15) is 9.59 Å². The number of aryl methyl sites for hydroxylation is 1. The smallest absolute Gasteiger partial charge is 0.265 e. The topological polar surface area (TPSA) is 67.2 Å². The average molecular weight is 545 g/mol. The predicted octanol–water partition coefficient (Wildman–Crippen LogP) is 6.06. The second-order valence-corrected chi connectivity index (χ2v) is 10.9. The summed E-state index contributed by atoms with van der Waals surface area (Å²) in [7, 11) is 0. The molecule has 2 aromatic carbocycles. The van der Waals surface area contributed by atoms with Gasteiger partial charge in [0.05, 0.1) is 28.2 Å². The predicted molar refractivity (Wildman–Crippen MR) is 156 cm³/mol. The molecule has 0 aliphatic carbocycles. The first kappa shape index (κ1) is 26.1. The second-order valence-electron chi connectivity index (χ2n) is 9.59. The molecule has 0 bridgehead atoms. The molecule has 1 saturated heterocycles. The molecular weight excluding hydrogens is 516 g/mol. The number of nitrogens with one attached hydrogen (secondary N) is 1. The highest BCUT2D eigenvalue weighted by Gasteiger charge is 2.26. The number of para-hydroxylation sites is 1. The van der Waals surface area contributed by atoms with E-state index in [1.807, 2.05) is 85.7 Å². The van der Waals surface area contributed by atoms with Crippen LogP contribution >= 0.6 is 22.9 Å². The minimum atomic E-state index is -0.208. The SMILES string of the molecule is CC(C)=Cc1c(C(=O)N2CCNCC2)cc(-c2nc(-c3ccc(Cl)cc3)cs2)c(=O)n1-c1ccccc1C. The van der Waals surface area contributed by atoms with Crippen molar-refractivity contribution in [3.05, 3.63) is 97.7 Å². The summed E-state index contributed by atoms with van der Waals surface area (Å²) in [6.45, 7) is 8.63. The van der Waals surface area contributed by atoms with E-state index in [0.717, 1.165) is 41.2 Å². The molecule has 0 spiro atoms. The number of allylic oxidation sites excluding steroid dienone is 1. The molecule has 1 fully saturated rings. The number of thiazole rings is 1. The van der Waals surface area contributed by atoms with Gasteiger partial charge >= 0.3 is 0 Å². The van der Waals surface area contributed by atoms with Gasteiger partial charge in [0.15, 0.2) is 0 Å². The van der Waals surface area contributed by atoms with Gasteiger partial charge in [-0.05, 0) is 56.7 Å². The van der Waals surface area contributed by atoms with Crippen LogP contribution in [-0.4, -0.2) is 46.5 Å². The van der Waals surface area contributed by atoms with E-state index < -0.39 is 0 Å². The molecule has 38 heavy (non-hydrogen) atoms. The number of carbonyl (C=O) groups is 1. The van der Waals surface area contributed by atoms with Crippen molar-refractivity contribution in [3.8, 4) is 27.5 Å². The summed E-state index contributed by atoms with van der Waals surface area (Å²) in [4.78, 5) is 34.8. The van der Waals surface area contributed by atoms with Crippen molar-refractivity contribution in [1.82, 2.24) is 19.8 Å². The van der Waals surface area contributed by atoms with Crippen LogP contribution < -0.4 is 10.9 Å². The van der Waals surface area contributed by atoms with Crippen LogP contribution in [0.5, 0.6) is 0 Å². The highest BCUT2D eigenvalue weighted by atomic mass is 35.5. The third-order valence-corrected chi connectivity index (χ3v) is 7.66. The van der Waals surface area contributed by atoms with Crippen LogP contribution in [0.3, 0.4) is 0 Å². The van der Waals surface area contributed by atoms with Crippen molar-refractivity contribution in [1.29, 1.82) is 0 Å². The first-order chi connectivity index (χ1) is 18.3. The summed E-state index contributed by atoms with van der Waals surface area (Å²) in [6, 6.07) is 16.9. The number of hydrogen-bond donors (Lipinski definition) is 1. The monoisotopic (exact) mass is 544 g/mol. The van der Waals surface area contributed by atoms with Crippen LogP contribution in [0, 0.1) is 6.92 Å². The minimum Gasteiger partial charge on any atom is -0.336 e. The van der Waals surface area contributed by atoms with Crippen molar-refractivity contribution < 1.29 is 4.79 Å². The standard InChI is InChI=1S/C30H29ClN4O2S/c1-19(2)16-27-23(29(36)34-14-12-32-13-15-34)17-24(30(37)35(27)26-7-5-4-6-20(26)3)28-33-25(18-38-28)21-8-10-22(31)11-9-21/h4-11,16-18,32H,12-15H2,1-3H3. The van der Waals surface area contributed by atoms with E-state index in [-0.39, 0.29) is 11.5 Å². The Morgan fingerprint density at radius 3 is 2.47 bits per heavy atom. The van der Waals surface area contributed by atoms with Gasteiger partial charge in [0.25, 0.3) is 11.5 Å². The van der Waals surface area contributed by atoms with E-state index in [1.165, 1.54) is 11.3 Å². The molecule has 0 saturated carbocycles. The molecule has 2 aromatic heterocycles. The summed E-state index contributed by atoms with van der Waals surface area (Å²) in [6.07, 6.45) is 1.92. The number of rotatable bonds is 5. The number of aromatic nitrogens is 2. The molecule has 0 atom stereocenters. The number of benzene rings is 2. The van der Waals surface area contributed by atoms with Crippen molar-refractivity contribution in [2.75, 3.05) is 26.2 Å². The van der Waals surface area contributed by atoms with Gasteiger partial charge in [0, 0.05) is 42.1 Å². The maximum atomic E-state index is 14.2. The van der Waals surface area contributed by atoms with Gasteiger partial charge in [-0.2, -0.15) is 0 Å². The Morgan fingerprint density at radius 2 is 1.79 bits per heavy atom. The Morgan fingerprint density at radius 1 is 1.08 bits per heavy atom. The fourth-order valence-electron chi connectivity index (χ4n) is 4.61. The number of carbonyl (C=O) groups excluding carboxylic acids is 1. The van der Waals surface area contributed by atoms with E-state index in [4.69, 9.17) is 16.6 Å². The third kappa shape index (κ3) is 5.23. The lowest BCUT2D eigenvalue weighted by Gasteiger charge is -2.29. The summed E-state index contributed by atoms with van der Waals surface area (Å²) >= 11 is 7.46. The molecule has 4 aromatic rings. The zero-order valence-electron chi connectivity index (χ0n) is 21.6. The molecule has 194 valence electrons. The van der Waals surface area contributed by atoms with Gasteiger partial charge in [-0.15, -0.1) is 11.3 Å². The van der Waals surface area contributed by atoms with Crippen LogP contribution in [0.15, 0.2) is 70.3 Å². The molecule has 3 heterocycles. The van der Waals surface area contributed by atoms with Gasteiger partial charge in [0.1, 0.15) is 5.01 Å². The first-order valence-electron chi connectivity index (χ1n) is 12.6. The van der Waals surface area contributed by atoms with Gasteiger partial charge in [-0.25, -0.2) is 4.98 Å². The van der Waals surface area contributed by atoms with Gasteiger partial charge in [-0.1, -0.05) is 47.5 Å². The summed E-state index contributed by atoms with van der Waals surface area (Å²) < 4.78 is 1.68. The van der Waals surface area contributed by atoms with Crippen molar-refractivity contribution in [3.63, 3.8) is 0 Å². The van der Waals surface area contributed by atoms with Crippen molar-refractivity contribution in [2.24, 2.45) is 0 Å². The summed E-state index contributed by atoms with van der Waals surface area (Å²) in [5.41, 5.74) is 5.63. The molecule has 0 unspecified atom stereocenters. The lowest BCUT2D eigenvalue weighted by molar-refractivity contribution is 0.0735. The van der Waals surface area contributed by atoms with Crippen LogP contribution in [0.2, 0.25) is 5.02 Å². The molecule has 6 nitrogen and oxygen atoms in total. The lowest BCUT2D eigenvalue weighted by Crippen LogP contribution is -2.47. The molecule has 1 aliphatic heterocycles. The molecule has 5 rings (SSSR count). The highest BCUT2D eigenvalue weighted by molar-refractivity contribution is 7.13. The van der Waals surface area contributed by atoms with Gasteiger partial charge < -0.3 is 10.2 Å². The third-order valence-electron chi connectivity index (χ3n) is 6.53. The number of nitrogens with zero attached hydrogens (tertiary/aromatic N) is 3. The van der Waals surface area contributed by atoms with Gasteiger partial charge in [0.2, 0.25) is 0 Å². The Bertz CT molecular complexity index is 1580. The van der Waals surface area contributed by atoms with Crippen molar-refractivity contribution in [2.45, 2.75) is 20.8 Å². The van der Waals surface area contributed by atoms with Crippen LogP contribution in [0.4, 0.5) is 0 Å². The lowest BCUT2D eigenvalue weighted by atomic mass is 10.0. The van der Waals surface area contributed by atoms with E-state index in [2.05, 4.69) is 5.32 Å². The fourth-order valence-corrected chi connectivity index (χ4v) is 5.58. The quantitative estimate of drug-likeness (QED) is 0.332. The van der Waals surface area contributed by atoms with Crippen LogP contribution in [-0.2, 0) is 0 Å². The van der Waals surface area contributed by atoms with E-state index in [0.29, 0.717) is 39.9 Å². The summed E-state index contributed by atoms with van der Waals surface area (Å²) in [5.74, 6) is -0.0861. The number of amides is 1. The number of piperazine rings is 1. The Balaban J connectivity index is 1.76. The van der Waals surface area contributed by atoms with E-state index in [1.54, 1.807) is 10.6 Å². The molecule has 1 amide bonds. The first-order valence-corrected chi connectivity index (χ1v) is 13.8. The number of pyridine rings is 1. The Hall–Kier alpha value is -3.52. The maximum absolute atomic E-state index is 14.2. The van der Waals surface area contributed by atoms with Crippen LogP contribution in [0.25, 0.3) is 33.6 Å².